The fourth-order valence-electron chi connectivity index (χ4n) is 13.1. The number of hydrogen-bond acceptors (Lipinski definition) is 0. The van der Waals surface area contributed by atoms with Crippen LogP contribution in [0.4, 0.5) is 0 Å². The summed E-state index contributed by atoms with van der Waals surface area (Å²) in [5.74, 6) is 9.27. The lowest BCUT2D eigenvalue weighted by Gasteiger charge is -2.23. The Morgan fingerprint density at radius 1 is 0.426 bits per heavy atom. The molecule has 0 heterocycles. The summed E-state index contributed by atoms with van der Waals surface area (Å²) in [6.07, 6.45) is 43.8. The van der Waals surface area contributed by atoms with Gasteiger partial charge in [0, 0.05) is 0 Å². The number of benzene rings is 2. The molecule has 0 aliphatic heterocycles. The average Bonchev–Trinajstić information content (AvgIpc) is 4.05. The summed E-state index contributed by atoms with van der Waals surface area (Å²) in [4.78, 5) is 0. The highest BCUT2D eigenvalue weighted by molar-refractivity contribution is 5.42. The molecule has 0 saturated heterocycles. The van der Waals surface area contributed by atoms with Gasteiger partial charge in [0.2, 0.25) is 0 Å². The van der Waals surface area contributed by atoms with E-state index in [0.29, 0.717) is 59.2 Å². The molecule has 0 amide bonds. The molecule has 7 aliphatic carbocycles. The first-order chi connectivity index (χ1) is 26.5. The molecule has 4 fully saturated rings. The fraction of sp³-hybridized carbons (Fsp3) is 0.481. The van der Waals surface area contributed by atoms with Crippen molar-refractivity contribution in [3.63, 3.8) is 0 Å². The Balaban J connectivity index is 0.861. The molecule has 0 aromatic heterocycles. The second-order valence-corrected chi connectivity index (χ2v) is 18.7. The van der Waals surface area contributed by atoms with Gasteiger partial charge in [-0.25, -0.2) is 0 Å². The van der Waals surface area contributed by atoms with Gasteiger partial charge in [0.15, 0.2) is 0 Å². The van der Waals surface area contributed by atoms with Crippen molar-refractivity contribution in [3.8, 4) is 0 Å². The average molecular weight is 713 g/mol. The van der Waals surface area contributed by atoms with Crippen molar-refractivity contribution < 1.29 is 0 Å². The van der Waals surface area contributed by atoms with E-state index in [1.807, 2.05) is 0 Å². The van der Waals surface area contributed by atoms with Crippen LogP contribution in [0.15, 0.2) is 136 Å². The number of allylic oxidation sites excluding steroid dienone is 12. The molecule has 7 aliphatic rings. The molecular formula is C54H64. The van der Waals surface area contributed by atoms with Crippen molar-refractivity contribution in [2.45, 2.75) is 88.9 Å². The maximum absolute atomic E-state index is 4.34. The van der Waals surface area contributed by atoms with E-state index in [0.717, 1.165) is 49.4 Å². The second-order valence-electron chi connectivity index (χ2n) is 18.7. The molecule has 0 bridgehead atoms. The van der Waals surface area contributed by atoms with Crippen LogP contribution in [-0.2, 0) is 25.7 Å². The highest BCUT2D eigenvalue weighted by atomic mass is 14.5. The van der Waals surface area contributed by atoms with E-state index in [-0.39, 0.29) is 0 Å². The van der Waals surface area contributed by atoms with E-state index >= 15 is 0 Å². The van der Waals surface area contributed by atoms with Gasteiger partial charge >= 0.3 is 0 Å². The molecule has 0 nitrogen and oxygen atoms in total. The van der Waals surface area contributed by atoms with Crippen LogP contribution in [0.3, 0.4) is 0 Å². The van der Waals surface area contributed by atoms with Crippen molar-refractivity contribution in [3.05, 3.63) is 169 Å². The fourth-order valence-corrected chi connectivity index (χ4v) is 13.1. The maximum Gasteiger partial charge on any atom is -0.00932 e. The van der Waals surface area contributed by atoms with Crippen LogP contribution in [0, 0.1) is 71.0 Å². The molecule has 9 rings (SSSR count). The van der Waals surface area contributed by atoms with Gasteiger partial charge < -0.3 is 0 Å². The summed E-state index contributed by atoms with van der Waals surface area (Å²) in [6, 6.07) is 15.2. The Morgan fingerprint density at radius 2 is 0.852 bits per heavy atom. The summed E-state index contributed by atoms with van der Waals surface area (Å²) < 4.78 is 0. The third-order valence-corrected chi connectivity index (χ3v) is 16.1. The molecule has 0 N–H and O–H groups in total. The smallest absolute Gasteiger partial charge is 0.00932 e. The normalized spacial score (nSPS) is 39.3. The lowest BCUT2D eigenvalue weighted by Crippen LogP contribution is -2.11. The Labute approximate surface area is 327 Å². The van der Waals surface area contributed by atoms with Crippen molar-refractivity contribution in [2.75, 3.05) is 0 Å². The lowest BCUT2D eigenvalue weighted by molar-refractivity contribution is 0.413. The van der Waals surface area contributed by atoms with Gasteiger partial charge in [0.1, 0.15) is 0 Å². The number of aryl methyl sites for hydroxylation is 4. The predicted molar refractivity (Wildman–Crippen MR) is 229 cm³/mol. The van der Waals surface area contributed by atoms with E-state index in [9.17, 15) is 0 Å². The van der Waals surface area contributed by atoms with Crippen LogP contribution < -0.4 is 0 Å². The third-order valence-electron chi connectivity index (χ3n) is 16.1. The molecule has 54 heavy (non-hydrogen) atoms. The summed E-state index contributed by atoms with van der Waals surface area (Å²) in [6.45, 7) is 17.0. The van der Waals surface area contributed by atoms with Gasteiger partial charge in [-0.3, -0.25) is 0 Å². The minimum atomic E-state index is 0.555. The first-order valence-electron chi connectivity index (χ1n) is 22.0. The van der Waals surface area contributed by atoms with Crippen LogP contribution >= 0.6 is 0 Å². The largest absolute Gasteiger partial charge is 0.103 e. The summed E-state index contributed by atoms with van der Waals surface area (Å²) in [5.41, 5.74) is 9.40. The van der Waals surface area contributed by atoms with Gasteiger partial charge in [-0.15, -0.1) is 26.3 Å². The topological polar surface area (TPSA) is 0 Å². The molecule has 2 aromatic carbocycles. The highest BCUT2D eigenvalue weighted by Gasteiger charge is 2.42. The quantitative estimate of drug-likeness (QED) is 0.215. The molecule has 0 radical (unpaired) electrons. The van der Waals surface area contributed by atoms with Gasteiger partial charge in [-0.1, -0.05) is 109 Å². The van der Waals surface area contributed by atoms with Gasteiger partial charge in [-0.05, 0) is 193 Å². The van der Waals surface area contributed by atoms with E-state index in [1.165, 1.54) is 51.4 Å². The van der Waals surface area contributed by atoms with Gasteiger partial charge in [0.25, 0.3) is 0 Å². The molecular weight excluding hydrogens is 649 g/mol. The van der Waals surface area contributed by atoms with E-state index in [4.69, 9.17) is 0 Å². The van der Waals surface area contributed by atoms with Crippen molar-refractivity contribution in [1.82, 2.24) is 0 Å². The maximum atomic E-state index is 4.34. The minimum absolute atomic E-state index is 0.555. The molecule has 4 saturated carbocycles. The first-order valence-corrected chi connectivity index (χ1v) is 22.0. The van der Waals surface area contributed by atoms with Crippen molar-refractivity contribution in [1.29, 1.82) is 0 Å². The summed E-state index contributed by atoms with van der Waals surface area (Å²) in [5, 5.41) is 0. The predicted octanol–water partition coefficient (Wildman–Crippen LogP) is 13.3. The Bertz CT molecular complexity index is 1720. The zero-order valence-corrected chi connectivity index (χ0v) is 32.8. The van der Waals surface area contributed by atoms with Crippen molar-refractivity contribution >= 4 is 0 Å². The molecule has 0 heteroatoms. The second kappa shape index (κ2) is 15.5. The number of rotatable bonds is 10. The Kier molecular flexibility index (Phi) is 10.3. The minimum Gasteiger partial charge on any atom is -0.103 e. The van der Waals surface area contributed by atoms with Gasteiger partial charge in [0.05, 0.1) is 0 Å². The summed E-state index contributed by atoms with van der Waals surface area (Å²) >= 11 is 0. The molecule has 14 atom stereocenters. The highest BCUT2D eigenvalue weighted by Crippen LogP contribution is 2.52. The van der Waals surface area contributed by atoms with Crippen LogP contribution in [-0.4, -0.2) is 0 Å². The molecule has 280 valence electrons. The number of fused-ring (bicyclic) bond motifs is 4. The zero-order chi connectivity index (χ0) is 36.8. The molecule has 2 aromatic rings. The first kappa shape index (κ1) is 36.0. The van der Waals surface area contributed by atoms with Crippen molar-refractivity contribution in [2.24, 2.45) is 71.0 Å². The van der Waals surface area contributed by atoms with E-state index in [2.05, 4.69) is 136 Å². The zero-order valence-electron chi connectivity index (χ0n) is 32.8. The van der Waals surface area contributed by atoms with Crippen LogP contribution in [0.5, 0.6) is 0 Å². The Morgan fingerprint density at radius 3 is 1.28 bits per heavy atom. The third kappa shape index (κ3) is 6.79. The monoisotopic (exact) mass is 713 g/mol. The Hall–Kier alpha value is -3.64. The van der Waals surface area contributed by atoms with Crippen LogP contribution in [0.1, 0.15) is 96.6 Å². The molecule has 14 unspecified atom stereocenters. The lowest BCUT2D eigenvalue weighted by atomic mass is 9.82. The standard InChI is InChI=1S/C54H64/c1-5-37-27-35(15-17-45-31-39(7-3)49-11-9-13-51(45)49)29-53(37)47-25-21-41-19-20-42-22-26-48(34-44(42)24-23-43(41)33-47)54-30-36(28-38(54)6-2)16-18-46-32-40(8-4)50-12-10-14-52(46)50/h5-10,13-18,21-22,25-26,33-40,45-46,49-54H,1-4,11-12,19-20,23-24,27-32H2/b17-15-,18-16-. The van der Waals surface area contributed by atoms with Crippen LogP contribution in [0.25, 0.3) is 0 Å². The van der Waals surface area contributed by atoms with Crippen LogP contribution in [0.2, 0.25) is 0 Å². The molecule has 0 spiro atoms. The SMILES string of the molecule is C=CC1CC(/C=C\C2CC(C=C)C3CC=CC23)CC1c1ccc2c(c1)CCc1cc(C3CC(/C=C\C4CC(C=C)C5CC=CC45)CC3C=C)ccc1CC2. The van der Waals surface area contributed by atoms with E-state index in [1.54, 1.807) is 33.4 Å². The number of hydrogen-bond donors (Lipinski definition) is 0. The van der Waals surface area contributed by atoms with Gasteiger partial charge in [-0.2, -0.15) is 0 Å². The van der Waals surface area contributed by atoms with E-state index < -0.39 is 0 Å². The summed E-state index contributed by atoms with van der Waals surface area (Å²) in [7, 11) is 0.